The Kier molecular flexibility index (Phi) is 3.29. The van der Waals surface area contributed by atoms with Gasteiger partial charge in [0.1, 0.15) is 0 Å². The predicted octanol–water partition coefficient (Wildman–Crippen LogP) is 2.23. The molecule has 1 N–H and O–H groups in total. The first kappa shape index (κ1) is 10.8. The topological polar surface area (TPSA) is 24.4 Å². The van der Waals surface area contributed by atoms with E-state index in [-0.39, 0.29) is 5.70 Å². The van der Waals surface area contributed by atoms with E-state index in [0.717, 1.165) is 5.56 Å². The highest BCUT2D eigenvalue weighted by Gasteiger charge is 2.14. The highest BCUT2D eigenvalue weighted by Crippen LogP contribution is 2.11. The number of rotatable bonds is 2. The number of nitrogens with zero attached hydrogens (tertiary/aromatic N) is 1. The van der Waals surface area contributed by atoms with Crippen molar-refractivity contribution in [2.45, 2.75) is 6.43 Å². The highest BCUT2D eigenvalue weighted by atomic mass is 19.3. The molecule has 2 nitrogen and oxygen atoms in total. The van der Waals surface area contributed by atoms with Crippen molar-refractivity contribution in [2.24, 2.45) is 4.99 Å². The first-order chi connectivity index (χ1) is 7.77. The number of hydrogen-bond acceptors (Lipinski definition) is 2. The first-order valence-electron chi connectivity index (χ1n) is 5.11. The van der Waals surface area contributed by atoms with Gasteiger partial charge >= 0.3 is 0 Å². The van der Waals surface area contributed by atoms with Crippen LogP contribution in [0.2, 0.25) is 0 Å². The Labute approximate surface area is 92.7 Å². The average molecular weight is 222 g/mol. The SMILES string of the molecule is FC(F)C1=CC(c2ccccc2)=NCCN1. The van der Waals surface area contributed by atoms with Crippen LogP contribution in [-0.2, 0) is 0 Å². The van der Waals surface area contributed by atoms with Gasteiger partial charge in [-0.15, -0.1) is 0 Å². The Bertz CT molecular complexity index is 410. The van der Waals surface area contributed by atoms with E-state index in [1.54, 1.807) is 0 Å². The molecule has 84 valence electrons. The number of hydrogen-bond donors (Lipinski definition) is 1. The molecular formula is C12H12F2N2. The molecule has 0 atom stereocenters. The zero-order valence-corrected chi connectivity index (χ0v) is 8.66. The summed E-state index contributed by atoms with van der Waals surface area (Å²) in [6.07, 6.45) is -1.06. The minimum atomic E-state index is -2.48. The average Bonchev–Trinajstić information content (AvgIpc) is 2.56. The molecule has 1 aliphatic heterocycles. The minimum absolute atomic E-state index is 0.0555. The maximum absolute atomic E-state index is 12.6. The van der Waals surface area contributed by atoms with Crippen LogP contribution in [0.4, 0.5) is 8.78 Å². The standard InChI is InChI=1S/C12H12F2N2/c13-12(14)11-8-10(15-6-7-16-11)9-4-2-1-3-5-9/h1-5,8,12,16H,6-7H2. The summed E-state index contributed by atoms with van der Waals surface area (Å²) in [6, 6.07) is 9.35. The first-order valence-corrected chi connectivity index (χ1v) is 5.11. The van der Waals surface area contributed by atoms with Crippen molar-refractivity contribution in [1.82, 2.24) is 5.32 Å². The van der Waals surface area contributed by atoms with Gasteiger partial charge in [0, 0.05) is 6.54 Å². The summed E-state index contributed by atoms with van der Waals surface area (Å²) in [5.74, 6) is 0. The van der Waals surface area contributed by atoms with Gasteiger partial charge in [-0.25, -0.2) is 8.78 Å². The lowest BCUT2D eigenvalue weighted by Gasteiger charge is -2.06. The fourth-order valence-electron chi connectivity index (χ4n) is 1.54. The van der Waals surface area contributed by atoms with E-state index in [1.807, 2.05) is 30.3 Å². The second-order valence-corrected chi connectivity index (χ2v) is 3.46. The summed E-state index contributed by atoms with van der Waals surface area (Å²) < 4.78 is 25.2. The zero-order chi connectivity index (χ0) is 11.4. The Morgan fingerprint density at radius 3 is 2.62 bits per heavy atom. The predicted molar refractivity (Wildman–Crippen MR) is 59.9 cm³/mol. The van der Waals surface area contributed by atoms with Crippen molar-refractivity contribution < 1.29 is 8.78 Å². The molecule has 16 heavy (non-hydrogen) atoms. The lowest BCUT2D eigenvalue weighted by atomic mass is 10.1. The van der Waals surface area contributed by atoms with E-state index >= 15 is 0 Å². The second-order valence-electron chi connectivity index (χ2n) is 3.46. The highest BCUT2D eigenvalue weighted by molar-refractivity contribution is 6.09. The molecule has 1 heterocycles. The molecule has 0 bridgehead atoms. The molecule has 0 unspecified atom stereocenters. The Balaban J connectivity index is 2.32. The molecule has 0 aliphatic carbocycles. The molecule has 2 rings (SSSR count). The number of allylic oxidation sites excluding steroid dienone is 2. The van der Waals surface area contributed by atoms with Gasteiger partial charge in [-0.3, -0.25) is 4.99 Å². The number of alkyl halides is 2. The van der Waals surface area contributed by atoms with Crippen molar-refractivity contribution in [3.05, 3.63) is 47.7 Å². The summed E-state index contributed by atoms with van der Waals surface area (Å²) in [6.45, 7) is 0.962. The third-order valence-corrected chi connectivity index (χ3v) is 2.32. The van der Waals surface area contributed by atoms with Crippen LogP contribution in [-0.4, -0.2) is 25.2 Å². The molecule has 0 radical (unpaired) electrons. The van der Waals surface area contributed by atoms with E-state index in [1.165, 1.54) is 6.08 Å². The fourth-order valence-corrected chi connectivity index (χ4v) is 1.54. The Morgan fingerprint density at radius 2 is 1.94 bits per heavy atom. The van der Waals surface area contributed by atoms with Crippen LogP contribution in [0.3, 0.4) is 0 Å². The van der Waals surface area contributed by atoms with E-state index in [9.17, 15) is 8.78 Å². The maximum Gasteiger partial charge on any atom is 0.277 e. The summed E-state index contributed by atoms with van der Waals surface area (Å²) in [5, 5.41) is 2.68. The van der Waals surface area contributed by atoms with Gasteiger partial charge in [-0.1, -0.05) is 30.3 Å². The molecular weight excluding hydrogens is 210 g/mol. The largest absolute Gasteiger partial charge is 0.382 e. The molecule has 1 aromatic rings. The van der Waals surface area contributed by atoms with E-state index in [0.29, 0.717) is 18.8 Å². The normalized spacial score (nSPS) is 16.2. The van der Waals surface area contributed by atoms with Crippen LogP contribution in [0.15, 0.2) is 47.1 Å². The lowest BCUT2D eigenvalue weighted by molar-refractivity contribution is 0.181. The monoisotopic (exact) mass is 222 g/mol. The van der Waals surface area contributed by atoms with E-state index in [2.05, 4.69) is 10.3 Å². The third-order valence-electron chi connectivity index (χ3n) is 2.32. The van der Waals surface area contributed by atoms with Gasteiger partial charge in [-0.05, 0) is 11.6 Å². The summed E-state index contributed by atoms with van der Waals surface area (Å²) in [5.41, 5.74) is 1.42. The Hall–Kier alpha value is -1.71. The van der Waals surface area contributed by atoms with Crippen molar-refractivity contribution in [3.8, 4) is 0 Å². The third kappa shape index (κ3) is 2.45. The van der Waals surface area contributed by atoms with Crippen LogP contribution in [0.25, 0.3) is 0 Å². The van der Waals surface area contributed by atoms with Gasteiger partial charge in [0.15, 0.2) is 0 Å². The zero-order valence-electron chi connectivity index (χ0n) is 8.66. The van der Waals surface area contributed by atoms with Crippen molar-refractivity contribution in [1.29, 1.82) is 0 Å². The maximum atomic E-state index is 12.6. The number of benzene rings is 1. The molecule has 0 aromatic heterocycles. The van der Waals surface area contributed by atoms with Crippen LogP contribution < -0.4 is 5.32 Å². The summed E-state index contributed by atoms with van der Waals surface area (Å²) in [7, 11) is 0. The van der Waals surface area contributed by atoms with Gasteiger partial charge in [0.25, 0.3) is 6.43 Å². The Morgan fingerprint density at radius 1 is 1.19 bits per heavy atom. The molecule has 0 spiro atoms. The van der Waals surface area contributed by atoms with Crippen molar-refractivity contribution in [3.63, 3.8) is 0 Å². The quantitative estimate of drug-likeness (QED) is 0.815. The van der Waals surface area contributed by atoms with Crippen LogP contribution in [0, 0.1) is 0 Å². The van der Waals surface area contributed by atoms with Gasteiger partial charge < -0.3 is 5.32 Å². The molecule has 1 aliphatic rings. The summed E-state index contributed by atoms with van der Waals surface area (Å²) >= 11 is 0. The van der Waals surface area contributed by atoms with Crippen LogP contribution in [0.1, 0.15) is 5.56 Å². The van der Waals surface area contributed by atoms with Gasteiger partial charge in [-0.2, -0.15) is 0 Å². The summed E-state index contributed by atoms with van der Waals surface area (Å²) in [4.78, 5) is 4.27. The van der Waals surface area contributed by atoms with E-state index in [4.69, 9.17) is 0 Å². The van der Waals surface area contributed by atoms with E-state index < -0.39 is 6.43 Å². The number of nitrogens with one attached hydrogen (secondary N) is 1. The molecule has 4 heteroatoms. The number of halogens is 2. The van der Waals surface area contributed by atoms with Gasteiger partial charge in [0.2, 0.25) is 0 Å². The van der Waals surface area contributed by atoms with Crippen LogP contribution in [0.5, 0.6) is 0 Å². The minimum Gasteiger partial charge on any atom is -0.382 e. The molecule has 0 saturated carbocycles. The number of aliphatic imine (C=N–C) groups is 1. The molecule has 0 amide bonds. The second kappa shape index (κ2) is 4.88. The molecule has 1 aromatic carbocycles. The van der Waals surface area contributed by atoms with Crippen molar-refractivity contribution in [2.75, 3.05) is 13.1 Å². The smallest absolute Gasteiger partial charge is 0.277 e. The lowest BCUT2D eigenvalue weighted by Crippen LogP contribution is -2.20. The van der Waals surface area contributed by atoms with Gasteiger partial charge in [0.05, 0.1) is 18.0 Å². The van der Waals surface area contributed by atoms with Crippen LogP contribution >= 0.6 is 0 Å². The van der Waals surface area contributed by atoms with Crippen molar-refractivity contribution >= 4 is 5.71 Å². The molecule has 0 fully saturated rings. The molecule has 0 saturated heterocycles. The fraction of sp³-hybridized carbons (Fsp3) is 0.250.